The topological polar surface area (TPSA) is 71.4 Å². The fourth-order valence-corrected chi connectivity index (χ4v) is 1.41. The molecular formula is C16H24F12N3P2Rh. The molecule has 34 heavy (non-hydrogen) atoms. The van der Waals surface area contributed by atoms with Crippen molar-refractivity contribution in [1.82, 2.24) is 0 Å². The molecule has 0 aromatic heterocycles. The van der Waals surface area contributed by atoms with Crippen LogP contribution in [0.25, 0.3) is 0 Å². The third-order valence-electron chi connectivity index (χ3n) is 2.81. The molecule has 0 N–H and O–H groups in total. The van der Waals surface area contributed by atoms with E-state index in [-0.39, 0.29) is 19.5 Å². The van der Waals surface area contributed by atoms with Gasteiger partial charge in [-0.05, 0) is 38.8 Å². The van der Waals surface area contributed by atoms with Gasteiger partial charge in [-0.15, -0.1) is 0 Å². The summed E-state index contributed by atoms with van der Waals surface area (Å²) in [7, 11) is -21.3. The van der Waals surface area contributed by atoms with Crippen molar-refractivity contribution in [3.8, 4) is 18.2 Å². The summed E-state index contributed by atoms with van der Waals surface area (Å²) in [6.07, 6.45) is 0. The SMILES string of the molecule is CC#N.CC#N.CC#N.C[C]1C(C)=C(C)C(C)=C1C.F[P-](F)(F)(F)(F)F.F[P-](F)(F)(F)(F)F.[Rh+2]. The molecule has 3 nitrogen and oxygen atoms in total. The molecule has 0 bridgehead atoms. The first-order valence-corrected chi connectivity index (χ1v) is 12.0. The molecule has 1 rings (SSSR count). The number of nitriles is 3. The van der Waals surface area contributed by atoms with Crippen molar-refractivity contribution in [2.45, 2.75) is 55.4 Å². The summed E-state index contributed by atoms with van der Waals surface area (Å²) in [6, 6.07) is 5.25. The molecule has 0 spiro atoms. The van der Waals surface area contributed by atoms with E-state index in [4.69, 9.17) is 15.8 Å². The first-order valence-electron chi connectivity index (χ1n) is 7.95. The molecule has 18 heteroatoms. The number of nitrogens with zero attached hydrogens (tertiary/aromatic N) is 3. The van der Waals surface area contributed by atoms with Gasteiger partial charge in [-0.3, -0.25) is 0 Å². The van der Waals surface area contributed by atoms with Crippen LogP contribution in [-0.2, 0) is 19.5 Å². The third kappa shape index (κ3) is 77.5. The van der Waals surface area contributed by atoms with E-state index in [0.29, 0.717) is 0 Å². The van der Waals surface area contributed by atoms with Gasteiger partial charge in [-0.2, -0.15) is 15.8 Å². The van der Waals surface area contributed by atoms with Gasteiger partial charge in [0.25, 0.3) is 0 Å². The largest absolute Gasteiger partial charge is 2.00 e. The minimum atomic E-state index is -10.7. The standard InChI is InChI=1S/C10H15.3C2H3N.2F6P.Rh/c1-6-7(2)9(4)10(5)8(6)3;3*1-2-3;2*1-7(2,3,4,5)6;/h1-5H3;3*1H3;;;/q;;;;2*-1;+2. The van der Waals surface area contributed by atoms with Crippen molar-refractivity contribution < 1.29 is 69.8 Å². The summed E-state index contributed by atoms with van der Waals surface area (Å²) in [4.78, 5) is 0. The summed E-state index contributed by atoms with van der Waals surface area (Å²) in [5, 5.41) is 22.0. The van der Waals surface area contributed by atoms with Crippen LogP contribution < -0.4 is 0 Å². The summed E-state index contributed by atoms with van der Waals surface area (Å²) in [5.74, 6) is 1.47. The molecule has 1 aliphatic carbocycles. The van der Waals surface area contributed by atoms with Gasteiger partial charge in [0, 0.05) is 26.7 Å². The van der Waals surface area contributed by atoms with Gasteiger partial charge in [0.15, 0.2) is 0 Å². The monoisotopic (exact) mass is 651 g/mol. The zero-order valence-electron chi connectivity index (χ0n) is 19.1. The Labute approximate surface area is 203 Å². The Kier molecular flexibility index (Phi) is 18.4. The Morgan fingerprint density at radius 3 is 0.559 bits per heavy atom. The molecule has 1 aliphatic rings. The molecule has 0 amide bonds. The Balaban J connectivity index is -0.0000000738. The predicted octanol–water partition coefficient (Wildman–Crippen LogP) is 11.6. The van der Waals surface area contributed by atoms with Gasteiger partial charge >= 0.3 is 85.5 Å². The maximum atomic E-state index is 9.87. The van der Waals surface area contributed by atoms with Crippen molar-refractivity contribution in [2.24, 2.45) is 0 Å². The second-order valence-corrected chi connectivity index (χ2v) is 9.55. The Morgan fingerprint density at radius 2 is 0.529 bits per heavy atom. The van der Waals surface area contributed by atoms with Crippen LogP contribution in [0.4, 0.5) is 50.4 Å². The molecule has 0 aromatic rings. The van der Waals surface area contributed by atoms with Gasteiger partial charge in [-0.25, -0.2) is 0 Å². The van der Waals surface area contributed by atoms with E-state index in [2.05, 4.69) is 34.6 Å². The Bertz CT molecular complexity index is 719. The fourth-order valence-electron chi connectivity index (χ4n) is 1.41. The van der Waals surface area contributed by atoms with Crippen LogP contribution >= 0.6 is 15.6 Å². The second kappa shape index (κ2) is 13.6. The molecule has 0 heterocycles. The van der Waals surface area contributed by atoms with Crippen LogP contribution in [0.1, 0.15) is 55.4 Å². The third-order valence-corrected chi connectivity index (χ3v) is 2.81. The Morgan fingerprint density at radius 1 is 0.441 bits per heavy atom. The van der Waals surface area contributed by atoms with Crippen LogP contribution in [0, 0.1) is 39.9 Å². The normalized spacial score (nSPS) is 16.5. The number of hydrogen-bond acceptors (Lipinski definition) is 3. The van der Waals surface area contributed by atoms with E-state index < -0.39 is 15.6 Å². The first kappa shape index (κ1) is 46.0. The summed E-state index contributed by atoms with van der Waals surface area (Å²) in [5.41, 5.74) is 5.87. The summed E-state index contributed by atoms with van der Waals surface area (Å²) < 4.78 is 118. The van der Waals surface area contributed by atoms with E-state index in [1.165, 1.54) is 49.0 Å². The van der Waals surface area contributed by atoms with Crippen LogP contribution in [0.2, 0.25) is 0 Å². The smallest absolute Gasteiger partial charge is 2.00 e. The van der Waals surface area contributed by atoms with Crippen LogP contribution in [0.5, 0.6) is 0 Å². The van der Waals surface area contributed by atoms with Crippen molar-refractivity contribution in [2.75, 3.05) is 0 Å². The average molecular weight is 651 g/mol. The maximum absolute atomic E-state index is 10.7. The van der Waals surface area contributed by atoms with E-state index in [1.807, 2.05) is 0 Å². The van der Waals surface area contributed by atoms with Gasteiger partial charge in [0.2, 0.25) is 0 Å². The van der Waals surface area contributed by atoms with Crippen molar-refractivity contribution >= 4 is 15.6 Å². The van der Waals surface area contributed by atoms with E-state index in [0.717, 1.165) is 0 Å². The van der Waals surface area contributed by atoms with Crippen molar-refractivity contribution in [3.05, 3.63) is 28.2 Å². The molecule has 0 aromatic carbocycles. The van der Waals surface area contributed by atoms with Crippen LogP contribution in [0.3, 0.4) is 0 Å². The van der Waals surface area contributed by atoms with Crippen LogP contribution in [-0.4, -0.2) is 0 Å². The summed E-state index contributed by atoms with van der Waals surface area (Å²) >= 11 is 0. The van der Waals surface area contributed by atoms with Gasteiger partial charge in [0.05, 0.1) is 18.2 Å². The molecule has 2 radical (unpaired) electrons. The predicted molar refractivity (Wildman–Crippen MR) is 107 cm³/mol. The molecule has 206 valence electrons. The second-order valence-electron chi connectivity index (χ2n) is 5.71. The molecular weight excluding hydrogens is 627 g/mol. The Hall–Kier alpha value is -1.41. The quantitative estimate of drug-likeness (QED) is 0.149. The minimum absolute atomic E-state index is 0. The van der Waals surface area contributed by atoms with Gasteiger partial charge < -0.3 is 0 Å². The molecule has 0 aliphatic heterocycles. The zero-order chi connectivity index (χ0) is 28.8. The van der Waals surface area contributed by atoms with E-state index >= 15 is 0 Å². The zero-order valence-corrected chi connectivity index (χ0v) is 22.5. The molecule has 0 saturated heterocycles. The average Bonchev–Trinajstić information content (AvgIpc) is 2.61. The number of halogens is 12. The number of hydrogen-bond donors (Lipinski definition) is 0. The molecule has 0 saturated carbocycles. The van der Waals surface area contributed by atoms with Crippen LogP contribution in [0.15, 0.2) is 22.3 Å². The maximum Gasteiger partial charge on any atom is 2.00 e. The van der Waals surface area contributed by atoms with Crippen molar-refractivity contribution in [1.29, 1.82) is 15.8 Å². The van der Waals surface area contributed by atoms with E-state index in [9.17, 15) is 50.4 Å². The van der Waals surface area contributed by atoms with Crippen molar-refractivity contribution in [3.63, 3.8) is 0 Å². The number of allylic oxidation sites excluding steroid dienone is 4. The number of rotatable bonds is 0. The molecule has 0 unspecified atom stereocenters. The first-order chi connectivity index (χ1) is 13.7. The van der Waals surface area contributed by atoms with Gasteiger partial charge in [0.1, 0.15) is 0 Å². The van der Waals surface area contributed by atoms with Gasteiger partial charge in [-0.1, -0.05) is 18.1 Å². The molecule has 0 atom stereocenters. The summed E-state index contributed by atoms with van der Waals surface area (Å²) in [6.45, 7) is 15.3. The minimum Gasteiger partial charge on any atom is 2.00 e. The molecule has 0 fully saturated rings. The van der Waals surface area contributed by atoms with E-state index in [1.54, 1.807) is 18.2 Å². The fraction of sp³-hybridized carbons (Fsp3) is 0.500.